The molecule has 140 valence electrons. The van der Waals surface area contributed by atoms with E-state index in [1.807, 2.05) is 36.0 Å². The summed E-state index contributed by atoms with van der Waals surface area (Å²) in [6.07, 6.45) is 4.47. The molecule has 4 rings (SSSR count). The summed E-state index contributed by atoms with van der Waals surface area (Å²) >= 11 is 0. The number of nitrogens with two attached hydrogens (primary N) is 1. The summed E-state index contributed by atoms with van der Waals surface area (Å²) in [5.41, 5.74) is 8.23. The number of nitrogens with one attached hydrogen (secondary N) is 1. The van der Waals surface area contributed by atoms with Crippen LogP contribution in [0.5, 0.6) is 0 Å². The highest BCUT2D eigenvalue weighted by atomic mass is 16.5. The molecule has 4 heterocycles. The van der Waals surface area contributed by atoms with E-state index in [2.05, 4.69) is 10.3 Å². The molecule has 1 atom stereocenters. The van der Waals surface area contributed by atoms with Crippen molar-refractivity contribution in [2.75, 3.05) is 25.6 Å². The van der Waals surface area contributed by atoms with E-state index >= 15 is 0 Å². The van der Waals surface area contributed by atoms with Gasteiger partial charge in [0.05, 0.1) is 29.7 Å². The number of rotatable bonds is 4. The molecule has 0 radical (unpaired) electrons. The molecule has 0 spiro atoms. The minimum absolute atomic E-state index is 0.399. The third kappa shape index (κ3) is 3.02. The first kappa shape index (κ1) is 17.4. The number of primary amides is 1. The molecule has 1 fully saturated rings. The molecule has 3 N–H and O–H groups in total. The molecule has 0 saturated carbocycles. The highest BCUT2D eigenvalue weighted by molar-refractivity contribution is 5.98. The first-order chi connectivity index (χ1) is 13.0. The van der Waals surface area contributed by atoms with Crippen LogP contribution in [0.2, 0.25) is 0 Å². The van der Waals surface area contributed by atoms with Gasteiger partial charge in [0.15, 0.2) is 0 Å². The second kappa shape index (κ2) is 6.64. The number of amides is 2. The predicted octanol–water partition coefficient (Wildman–Crippen LogP) is 2.39. The van der Waals surface area contributed by atoms with Crippen LogP contribution in [0.4, 0.5) is 10.6 Å². The Hall–Kier alpha value is -2.97. The first-order valence-corrected chi connectivity index (χ1v) is 8.65. The molecule has 8 heteroatoms. The van der Waals surface area contributed by atoms with Gasteiger partial charge in [0.25, 0.3) is 0 Å². The summed E-state index contributed by atoms with van der Waals surface area (Å²) in [7, 11) is 3.63. The van der Waals surface area contributed by atoms with Crippen molar-refractivity contribution in [3.63, 3.8) is 0 Å². The fourth-order valence-electron chi connectivity index (χ4n) is 3.53. The quantitative estimate of drug-likeness (QED) is 0.737. The van der Waals surface area contributed by atoms with Crippen LogP contribution in [0.1, 0.15) is 12.1 Å². The number of aromatic nitrogens is 3. The molecule has 0 bridgehead atoms. The highest BCUT2D eigenvalue weighted by Gasteiger charge is 2.38. The van der Waals surface area contributed by atoms with Gasteiger partial charge in [-0.25, -0.2) is 14.8 Å². The second-order valence-corrected chi connectivity index (χ2v) is 6.64. The number of pyridine rings is 2. The van der Waals surface area contributed by atoms with Gasteiger partial charge in [0.2, 0.25) is 0 Å². The fraction of sp³-hybridized carbons (Fsp3) is 0.316. The lowest BCUT2D eigenvalue weighted by Crippen LogP contribution is -2.30. The van der Waals surface area contributed by atoms with Crippen molar-refractivity contribution in [3.8, 4) is 11.3 Å². The summed E-state index contributed by atoms with van der Waals surface area (Å²) in [6, 6.07) is 7.05. The Morgan fingerprint density at radius 3 is 3.00 bits per heavy atom. The molecule has 3 aromatic rings. The van der Waals surface area contributed by atoms with Gasteiger partial charge in [-0.05, 0) is 18.2 Å². The molecule has 8 nitrogen and oxygen atoms in total. The van der Waals surface area contributed by atoms with E-state index in [-0.39, 0.29) is 0 Å². The Morgan fingerprint density at radius 1 is 1.44 bits per heavy atom. The van der Waals surface area contributed by atoms with Crippen LogP contribution in [-0.4, -0.2) is 40.9 Å². The molecular formula is C19H21N5O3. The van der Waals surface area contributed by atoms with Crippen LogP contribution in [0.25, 0.3) is 22.2 Å². The number of urea groups is 1. The van der Waals surface area contributed by atoms with E-state index in [1.165, 1.54) is 0 Å². The number of aryl methyl sites for hydroxylation is 1. The molecule has 1 saturated heterocycles. The zero-order valence-corrected chi connectivity index (χ0v) is 15.2. The third-order valence-electron chi connectivity index (χ3n) is 5.00. The highest BCUT2D eigenvalue weighted by Crippen LogP contribution is 2.35. The standard InChI is InChI=1S/C19H21N5O3/c1-24-10-13(12-8-17(23-18(20)25)21-9-15(12)24)14-4-3-5-16(22-14)19(26-2)6-7-27-11-19/h3-5,8-10H,6-7,11H2,1-2H3,(H3,20,21,23,25)/t19-/m0/s1. The lowest BCUT2D eigenvalue weighted by Gasteiger charge is -2.25. The van der Waals surface area contributed by atoms with E-state index in [4.69, 9.17) is 20.2 Å². The normalized spacial score (nSPS) is 19.5. The molecule has 0 aromatic carbocycles. The number of methoxy groups -OCH3 is 1. The van der Waals surface area contributed by atoms with Crippen LogP contribution in [-0.2, 0) is 22.1 Å². The molecule has 27 heavy (non-hydrogen) atoms. The third-order valence-corrected chi connectivity index (χ3v) is 5.00. The van der Waals surface area contributed by atoms with Gasteiger partial charge in [-0.15, -0.1) is 0 Å². The topological polar surface area (TPSA) is 104 Å². The Labute approximate surface area is 156 Å². The molecule has 0 aliphatic carbocycles. The van der Waals surface area contributed by atoms with Crippen LogP contribution < -0.4 is 11.1 Å². The lowest BCUT2D eigenvalue weighted by molar-refractivity contribution is -0.0245. The first-order valence-electron chi connectivity index (χ1n) is 8.65. The smallest absolute Gasteiger partial charge is 0.317 e. The van der Waals surface area contributed by atoms with Gasteiger partial charge in [0.1, 0.15) is 11.4 Å². The van der Waals surface area contributed by atoms with Crippen LogP contribution >= 0.6 is 0 Å². The Kier molecular flexibility index (Phi) is 4.29. The van der Waals surface area contributed by atoms with Gasteiger partial charge in [-0.3, -0.25) is 5.32 Å². The van der Waals surface area contributed by atoms with Crippen molar-refractivity contribution in [1.82, 2.24) is 14.5 Å². The summed E-state index contributed by atoms with van der Waals surface area (Å²) in [5, 5.41) is 3.44. The van der Waals surface area contributed by atoms with Crippen molar-refractivity contribution in [2.24, 2.45) is 12.8 Å². The van der Waals surface area contributed by atoms with Gasteiger partial charge in [-0.2, -0.15) is 0 Å². The number of anilines is 1. The van der Waals surface area contributed by atoms with Gasteiger partial charge in [0, 0.05) is 44.3 Å². The fourth-order valence-corrected chi connectivity index (χ4v) is 3.53. The summed E-state index contributed by atoms with van der Waals surface area (Å²) in [4.78, 5) is 20.3. The maximum absolute atomic E-state index is 11.2. The molecule has 1 aliphatic heterocycles. The lowest BCUT2D eigenvalue weighted by atomic mass is 9.97. The average Bonchev–Trinajstić information content (AvgIpc) is 3.27. The molecule has 3 aromatic heterocycles. The zero-order chi connectivity index (χ0) is 19.0. The minimum Gasteiger partial charge on any atom is -0.378 e. The van der Waals surface area contributed by atoms with E-state index in [0.717, 1.165) is 34.3 Å². The van der Waals surface area contributed by atoms with Gasteiger partial charge < -0.3 is 19.8 Å². The van der Waals surface area contributed by atoms with E-state index in [0.29, 0.717) is 19.0 Å². The Bertz CT molecular complexity index is 1010. The van der Waals surface area contributed by atoms with Crippen molar-refractivity contribution in [2.45, 2.75) is 12.0 Å². The van der Waals surface area contributed by atoms with E-state index < -0.39 is 11.6 Å². The number of carbonyl (C=O) groups is 1. The second-order valence-electron chi connectivity index (χ2n) is 6.64. The van der Waals surface area contributed by atoms with Crippen LogP contribution in [0, 0.1) is 0 Å². The zero-order valence-electron chi connectivity index (χ0n) is 15.2. The SMILES string of the molecule is CO[C@@]1(c2cccc(-c3cn(C)c4cnc(NC(N)=O)cc34)n2)CCOC1. The van der Waals surface area contributed by atoms with Crippen molar-refractivity contribution >= 4 is 22.8 Å². The van der Waals surface area contributed by atoms with Crippen LogP contribution in [0.15, 0.2) is 36.7 Å². The number of fused-ring (bicyclic) bond motifs is 1. The Morgan fingerprint density at radius 2 is 2.30 bits per heavy atom. The average molecular weight is 367 g/mol. The summed E-state index contributed by atoms with van der Waals surface area (Å²) in [6.45, 7) is 1.15. The maximum Gasteiger partial charge on any atom is 0.317 e. The predicted molar refractivity (Wildman–Crippen MR) is 101 cm³/mol. The van der Waals surface area contributed by atoms with E-state index in [1.54, 1.807) is 19.4 Å². The van der Waals surface area contributed by atoms with Gasteiger partial charge in [-0.1, -0.05) is 6.07 Å². The molecule has 0 unspecified atom stereocenters. The number of hydrogen-bond acceptors (Lipinski definition) is 5. The number of hydrogen-bond donors (Lipinski definition) is 2. The number of ether oxygens (including phenoxy) is 2. The summed E-state index contributed by atoms with van der Waals surface area (Å²) in [5.74, 6) is 0.399. The molecule has 2 amide bonds. The van der Waals surface area contributed by atoms with Crippen molar-refractivity contribution < 1.29 is 14.3 Å². The van der Waals surface area contributed by atoms with Crippen molar-refractivity contribution in [1.29, 1.82) is 0 Å². The molecular weight excluding hydrogens is 346 g/mol. The Balaban J connectivity index is 1.82. The molecule has 1 aliphatic rings. The minimum atomic E-state index is -0.650. The van der Waals surface area contributed by atoms with E-state index in [9.17, 15) is 4.79 Å². The van der Waals surface area contributed by atoms with Gasteiger partial charge >= 0.3 is 6.03 Å². The largest absolute Gasteiger partial charge is 0.378 e. The maximum atomic E-state index is 11.2. The number of carbonyl (C=O) groups excluding carboxylic acids is 1. The number of nitrogens with zero attached hydrogens (tertiary/aromatic N) is 3. The van der Waals surface area contributed by atoms with Crippen LogP contribution in [0.3, 0.4) is 0 Å². The summed E-state index contributed by atoms with van der Waals surface area (Å²) < 4.78 is 13.3. The van der Waals surface area contributed by atoms with Crippen molar-refractivity contribution in [3.05, 3.63) is 42.4 Å². The monoisotopic (exact) mass is 367 g/mol.